The van der Waals surface area contributed by atoms with Crippen molar-refractivity contribution in [2.75, 3.05) is 25.5 Å². The lowest BCUT2D eigenvalue weighted by Crippen LogP contribution is -2.54. The normalized spacial score (nSPS) is 21.1. The quantitative estimate of drug-likeness (QED) is 0.717. The lowest BCUT2D eigenvalue weighted by molar-refractivity contribution is -0.157. The maximum Gasteiger partial charge on any atom is 0.328 e. The molecule has 0 aliphatic carbocycles. The van der Waals surface area contributed by atoms with Gasteiger partial charge in [0, 0.05) is 6.54 Å². The van der Waals surface area contributed by atoms with Gasteiger partial charge < -0.3 is 14.7 Å². The van der Waals surface area contributed by atoms with Gasteiger partial charge in [0.2, 0.25) is 5.91 Å². The molecule has 1 fully saturated rings. The molecule has 0 aromatic carbocycles. The van der Waals surface area contributed by atoms with Crippen LogP contribution in [-0.2, 0) is 24.2 Å². The molecule has 0 saturated carbocycles. The number of ether oxygens (including phenoxy) is 1. The highest BCUT2D eigenvalue weighted by Gasteiger charge is 2.35. The number of carboxylic acid groups (broad SMARTS) is 1. The molecule has 1 aliphatic rings. The first kappa shape index (κ1) is 14.9. The van der Waals surface area contributed by atoms with Gasteiger partial charge in [-0.2, -0.15) is 0 Å². The molecule has 1 rings (SSSR count). The van der Waals surface area contributed by atoms with E-state index in [1.54, 1.807) is 0 Å². The topological polar surface area (TPSA) is 101 Å². The number of sulfone groups is 1. The number of hydrogen-bond acceptors (Lipinski definition) is 5. The van der Waals surface area contributed by atoms with E-state index in [0.29, 0.717) is 0 Å². The summed E-state index contributed by atoms with van der Waals surface area (Å²) in [6.07, 6.45) is 0. The van der Waals surface area contributed by atoms with Crippen molar-refractivity contribution in [3.05, 3.63) is 0 Å². The Morgan fingerprint density at radius 2 is 2.06 bits per heavy atom. The maximum absolute atomic E-state index is 11.9. The number of morpholine rings is 1. The average molecular weight is 279 g/mol. The standard InChI is InChI=1S/C10H17NO6S/c1-7(2)18(15,16)6-9(12)11-3-4-17-5-8(11)10(13)14/h7-8H,3-6H2,1-2H3,(H,13,14). The van der Waals surface area contributed by atoms with E-state index in [2.05, 4.69) is 0 Å². The molecular weight excluding hydrogens is 262 g/mol. The van der Waals surface area contributed by atoms with Gasteiger partial charge in [0.15, 0.2) is 15.9 Å². The van der Waals surface area contributed by atoms with Crippen LogP contribution in [-0.4, -0.2) is 67.1 Å². The van der Waals surface area contributed by atoms with Crippen LogP contribution < -0.4 is 0 Å². The SMILES string of the molecule is CC(C)S(=O)(=O)CC(=O)N1CCOCC1C(=O)O. The minimum Gasteiger partial charge on any atom is -0.480 e. The second kappa shape index (κ2) is 5.66. The summed E-state index contributed by atoms with van der Waals surface area (Å²) in [5.41, 5.74) is 0. The lowest BCUT2D eigenvalue weighted by Gasteiger charge is -2.32. The van der Waals surface area contributed by atoms with Gasteiger partial charge in [-0.25, -0.2) is 13.2 Å². The van der Waals surface area contributed by atoms with Crippen molar-refractivity contribution in [3.8, 4) is 0 Å². The zero-order valence-electron chi connectivity index (χ0n) is 10.3. The summed E-state index contributed by atoms with van der Waals surface area (Å²) >= 11 is 0. The van der Waals surface area contributed by atoms with Gasteiger partial charge in [-0.3, -0.25) is 4.79 Å². The maximum atomic E-state index is 11.9. The number of aliphatic carboxylic acids is 1. The summed E-state index contributed by atoms with van der Waals surface area (Å²) in [7, 11) is -3.52. The third-order valence-electron chi connectivity index (χ3n) is 2.78. The van der Waals surface area contributed by atoms with Gasteiger partial charge in [-0.05, 0) is 13.8 Å². The van der Waals surface area contributed by atoms with E-state index in [4.69, 9.17) is 9.84 Å². The van der Waals surface area contributed by atoms with Gasteiger partial charge >= 0.3 is 5.97 Å². The van der Waals surface area contributed by atoms with E-state index in [1.807, 2.05) is 0 Å². The predicted molar refractivity (Wildman–Crippen MR) is 62.9 cm³/mol. The number of hydrogen-bond donors (Lipinski definition) is 1. The summed E-state index contributed by atoms with van der Waals surface area (Å²) in [5.74, 6) is -2.53. The Balaban J connectivity index is 2.79. The highest BCUT2D eigenvalue weighted by atomic mass is 32.2. The number of carbonyl (C=O) groups excluding carboxylic acids is 1. The molecule has 8 heteroatoms. The Hall–Kier alpha value is -1.15. The Morgan fingerprint density at radius 1 is 1.44 bits per heavy atom. The molecule has 7 nitrogen and oxygen atoms in total. The molecule has 104 valence electrons. The van der Waals surface area contributed by atoms with E-state index in [9.17, 15) is 18.0 Å². The molecular formula is C10H17NO6S. The van der Waals surface area contributed by atoms with Crippen molar-refractivity contribution >= 4 is 21.7 Å². The summed E-state index contributed by atoms with van der Waals surface area (Å²) < 4.78 is 28.2. The molecule has 1 amide bonds. The van der Waals surface area contributed by atoms with Gasteiger partial charge in [0.25, 0.3) is 0 Å². The Morgan fingerprint density at radius 3 is 2.56 bits per heavy atom. The van der Waals surface area contributed by atoms with Crippen molar-refractivity contribution < 1.29 is 27.9 Å². The molecule has 0 bridgehead atoms. The molecule has 1 atom stereocenters. The van der Waals surface area contributed by atoms with Crippen LogP contribution in [0, 0.1) is 0 Å². The second-order valence-electron chi connectivity index (χ2n) is 4.37. The summed E-state index contributed by atoms with van der Waals surface area (Å²) in [6.45, 7) is 3.18. The van der Waals surface area contributed by atoms with Crippen LogP contribution in [0.4, 0.5) is 0 Å². The zero-order chi connectivity index (χ0) is 13.9. The number of amides is 1. The highest BCUT2D eigenvalue weighted by Crippen LogP contribution is 2.10. The lowest BCUT2D eigenvalue weighted by atomic mass is 10.2. The smallest absolute Gasteiger partial charge is 0.328 e. The Labute approximate surface area is 106 Å². The fraction of sp³-hybridized carbons (Fsp3) is 0.800. The van der Waals surface area contributed by atoms with Gasteiger partial charge in [-0.15, -0.1) is 0 Å². The monoisotopic (exact) mass is 279 g/mol. The molecule has 0 aromatic heterocycles. The number of carboxylic acids is 1. The van der Waals surface area contributed by atoms with E-state index in [0.717, 1.165) is 4.90 Å². The minimum absolute atomic E-state index is 0.101. The average Bonchev–Trinajstić information content (AvgIpc) is 2.28. The molecule has 1 unspecified atom stereocenters. The highest BCUT2D eigenvalue weighted by molar-refractivity contribution is 7.92. The summed E-state index contributed by atoms with van der Waals surface area (Å²) in [5, 5.41) is 8.28. The molecule has 1 N–H and O–H groups in total. The number of nitrogens with zero attached hydrogens (tertiary/aromatic N) is 1. The third kappa shape index (κ3) is 3.42. The molecule has 1 heterocycles. The number of carbonyl (C=O) groups is 2. The van der Waals surface area contributed by atoms with Crippen LogP contribution in [0.1, 0.15) is 13.8 Å². The minimum atomic E-state index is -3.52. The van der Waals surface area contributed by atoms with E-state index in [-0.39, 0.29) is 19.8 Å². The van der Waals surface area contributed by atoms with Crippen molar-refractivity contribution in [1.82, 2.24) is 4.90 Å². The van der Waals surface area contributed by atoms with Crippen LogP contribution in [0.2, 0.25) is 0 Å². The van der Waals surface area contributed by atoms with Gasteiger partial charge in [-0.1, -0.05) is 0 Å². The molecule has 0 radical (unpaired) electrons. The fourth-order valence-electron chi connectivity index (χ4n) is 1.53. The first-order chi connectivity index (χ1) is 8.25. The van der Waals surface area contributed by atoms with Gasteiger partial charge in [0.1, 0.15) is 5.75 Å². The molecule has 18 heavy (non-hydrogen) atoms. The van der Waals surface area contributed by atoms with Crippen LogP contribution >= 0.6 is 0 Å². The van der Waals surface area contributed by atoms with Crippen LogP contribution in [0.25, 0.3) is 0 Å². The van der Waals surface area contributed by atoms with E-state index < -0.39 is 38.8 Å². The van der Waals surface area contributed by atoms with E-state index in [1.165, 1.54) is 13.8 Å². The molecule has 0 aromatic rings. The van der Waals surface area contributed by atoms with Crippen LogP contribution in [0.15, 0.2) is 0 Å². The fourth-order valence-corrected chi connectivity index (χ4v) is 2.37. The van der Waals surface area contributed by atoms with Crippen LogP contribution in [0.3, 0.4) is 0 Å². The first-order valence-corrected chi connectivity index (χ1v) is 7.29. The van der Waals surface area contributed by atoms with Crippen LogP contribution in [0.5, 0.6) is 0 Å². The van der Waals surface area contributed by atoms with Crippen molar-refractivity contribution in [1.29, 1.82) is 0 Å². The second-order valence-corrected chi connectivity index (χ2v) is 6.93. The third-order valence-corrected chi connectivity index (χ3v) is 4.86. The number of rotatable bonds is 4. The predicted octanol–water partition coefficient (Wildman–Crippen LogP) is -0.878. The van der Waals surface area contributed by atoms with Crippen molar-refractivity contribution in [2.24, 2.45) is 0 Å². The van der Waals surface area contributed by atoms with Crippen molar-refractivity contribution in [3.63, 3.8) is 0 Å². The summed E-state index contributed by atoms with van der Waals surface area (Å²) in [4.78, 5) is 23.9. The zero-order valence-corrected chi connectivity index (χ0v) is 11.1. The largest absolute Gasteiger partial charge is 0.480 e. The molecule has 1 saturated heterocycles. The Kier molecular flexibility index (Phi) is 4.69. The van der Waals surface area contributed by atoms with E-state index >= 15 is 0 Å². The first-order valence-electron chi connectivity index (χ1n) is 5.57. The van der Waals surface area contributed by atoms with Crippen molar-refractivity contribution in [2.45, 2.75) is 25.1 Å². The molecule has 1 aliphatic heterocycles. The van der Waals surface area contributed by atoms with Gasteiger partial charge in [0.05, 0.1) is 18.5 Å². The summed E-state index contributed by atoms with van der Waals surface area (Å²) in [6, 6.07) is -1.10. The molecule has 0 spiro atoms. The Bertz CT molecular complexity index is 430.